The van der Waals surface area contributed by atoms with Gasteiger partial charge < -0.3 is 10.2 Å². The van der Waals surface area contributed by atoms with Gasteiger partial charge in [-0.2, -0.15) is 0 Å². The van der Waals surface area contributed by atoms with Crippen molar-refractivity contribution in [1.82, 2.24) is 0 Å². The summed E-state index contributed by atoms with van der Waals surface area (Å²) in [5, 5.41) is 18.2. The Kier molecular flexibility index (Phi) is 5.78. The van der Waals surface area contributed by atoms with Gasteiger partial charge in [-0.3, -0.25) is 4.72 Å². The van der Waals surface area contributed by atoms with Crippen LogP contribution in [0.15, 0.2) is 53.4 Å². The number of carboxylic acids is 2. The lowest BCUT2D eigenvalue weighted by Crippen LogP contribution is -2.10. The number of carboxylic acid groups (broad SMARTS) is 2. The summed E-state index contributed by atoms with van der Waals surface area (Å²) in [7, 11) is -2.25. The predicted molar refractivity (Wildman–Crippen MR) is 105 cm³/mol. The van der Waals surface area contributed by atoms with E-state index < -0.39 is 39.2 Å². The zero-order valence-corrected chi connectivity index (χ0v) is 16.2. The molecule has 3 aromatic rings. The third-order valence-corrected chi connectivity index (χ3v) is 6.24. The number of anilines is 1. The summed E-state index contributed by atoms with van der Waals surface area (Å²) in [6.07, 6.45) is 0. The van der Waals surface area contributed by atoms with Crippen LogP contribution in [-0.4, -0.2) is 26.4 Å². The minimum absolute atomic E-state index is 0.0286. The molecule has 0 fully saturated rings. The number of hydrogen-bond acceptors (Lipinski definition) is 4. The number of hydrogen-bond donors (Lipinski definition) is 3. The fourth-order valence-electron chi connectivity index (χ4n) is 2.36. The van der Waals surface area contributed by atoms with Gasteiger partial charge in [0.25, 0.3) is 0 Å². The maximum Gasteiger partial charge on any atom is 0.348 e. The Labute approximate surface area is 169 Å². The van der Waals surface area contributed by atoms with Crippen molar-refractivity contribution in [3.63, 3.8) is 0 Å². The number of carbonyl (C=O) groups is 2. The van der Waals surface area contributed by atoms with Crippen molar-refractivity contribution in [2.45, 2.75) is 4.90 Å². The average Bonchev–Trinajstić information content (AvgIpc) is 3.06. The maximum atomic E-state index is 14.2. The number of halogens is 2. The van der Waals surface area contributed by atoms with E-state index in [1.54, 1.807) is 24.3 Å². The Morgan fingerprint density at radius 3 is 2.36 bits per heavy atom. The normalized spacial score (nSPS) is 11.8. The summed E-state index contributed by atoms with van der Waals surface area (Å²) in [5.41, 5.74) is 0.377. The molecule has 0 aliphatic carbocycles. The van der Waals surface area contributed by atoms with E-state index in [1.807, 2.05) is 6.07 Å². The minimum Gasteiger partial charge on any atom is -0.478 e. The lowest BCUT2D eigenvalue weighted by Gasteiger charge is -2.08. The summed E-state index contributed by atoms with van der Waals surface area (Å²) >= 11 is 6.65. The molecular weight excluding hydrogens is 429 g/mol. The van der Waals surface area contributed by atoms with E-state index in [0.29, 0.717) is 4.88 Å². The fraction of sp³-hybridized carbons (Fsp3) is 0. The maximum absolute atomic E-state index is 14.2. The summed E-state index contributed by atoms with van der Waals surface area (Å²) in [4.78, 5) is 22.8. The van der Waals surface area contributed by atoms with Gasteiger partial charge in [-0.25, -0.2) is 18.2 Å². The zero-order valence-electron chi connectivity index (χ0n) is 13.8. The SMILES string of the molecule is O=C(O)c1cc(S(=O)Nc2cc(-c3ccccc3)sc2C(=O)O)c(F)cc1Cl. The van der Waals surface area contributed by atoms with Crippen molar-refractivity contribution in [3.05, 3.63) is 69.8 Å². The van der Waals surface area contributed by atoms with Crippen molar-refractivity contribution in [1.29, 1.82) is 0 Å². The van der Waals surface area contributed by atoms with E-state index in [-0.39, 0.29) is 15.6 Å². The van der Waals surface area contributed by atoms with Crippen molar-refractivity contribution in [2.24, 2.45) is 0 Å². The molecule has 10 heteroatoms. The number of thiophene rings is 1. The molecule has 2 aromatic carbocycles. The van der Waals surface area contributed by atoms with Gasteiger partial charge in [-0.15, -0.1) is 11.3 Å². The van der Waals surface area contributed by atoms with Gasteiger partial charge in [0, 0.05) is 4.88 Å². The summed E-state index contributed by atoms with van der Waals surface area (Å²) in [5.74, 6) is -3.62. The monoisotopic (exact) mass is 439 g/mol. The first-order chi connectivity index (χ1) is 13.3. The first-order valence-electron chi connectivity index (χ1n) is 7.61. The highest BCUT2D eigenvalue weighted by atomic mass is 35.5. The van der Waals surface area contributed by atoms with Gasteiger partial charge in [0.15, 0.2) is 11.0 Å². The molecule has 0 radical (unpaired) electrons. The lowest BCUT2D eigenvalue weighted by atomic mass is 10.2. The number of rotatable bonds is 6. The predicted octanol–water partition coefficient (Wildman–Crippen LogP) is 4.74. The minimum atomic E-state index is -2.25. The van der Waals surface area contributed by atoms with Crippen LogP contribution in [0.2, 0.25) is 5.02 Å². The third kappa shape index (κ3) is 4.06. The van der Waals surface area contributed by atoms with E-state index in [0.717, 1.165) is 29.0 Å². The van der Waals surface area contributed by atoms with Gasteiger partial charge in [0.05, 0.1) is 21.2 Å². The fourth-order valence-corrected chi connectivity index (χ4v) is 4.55. The summed E-state index contributed by atoms with van der Waals surface area (Å²) in [6.45, 7) is 0. The van der Waals surface area contributed by atoms with Gasteiger partial charge >= 0.3 is 11.9 Å². The summed E-state index contributed by atoms with van der Waals surface area (Å²) in [6, 6.07) is 12.1. The Morgan fingerprint density at radius 2 is 1.75 bits per heavy atom. The molecule has 1 unspecified atom stereocenters. The van der Waals surface area contributed by atoms with Crippen molar-refractivity contribution >= 4 is 51.5 Å². The van der Waals surface area contributed by atoms with Gasteiger partial charge in [0.1, 0.15) is 10.7 Å². The zero-order chi connectivity index (χ0) is 20.4. The molecule has 3 N–H and O–H groups in total. The van der Waals surface area contributed by atoms with Crippen LogP contribution in [-0.2, 0) is 11.0 Å². The number of benzene rings is 2. The number of nitrogens with one attached hydrogen (secondary N) is 1. The van der Waals surface area contributed by atoms with Crippen molar-refractivity contribution in [2.75, 3.05) is 4.72 Å². The standard InChI is InChI=1S/C18H11ClFNO5S2/c19-11-7-12(20)15(6-10(11)17(22)23)28(26)21-13-8-14(27-16(13)18(24)25)9-4-2-1-3-5-9/h1-8,21H,(H,22,23)(H,24,25). The van der Waals surface area contributed by atoms with Gasteiger partial charge in [-0.05, 0) is 23.8 Å². The molecule has 1 heterocycles. The molecule has 1 atom stereocenters. The van der Waals surface area contributed by atoms with E-state index in [2.05, 4.69) is 4.72 Å². The van der Waals surface area contributed by atoms with Crippen LogP contribution in [0.4, 0.5) is 10.1 Å². The lowest BCUT2D eigenvalue weighted by molar-refractivity contribution is 0.0688. The third-order valence-electron chi connectivity index (χ3n) is 3.64. The molecule has 6 nitrogen and oxygen atoms in total. The second-order valence-electron chi connectivity index (χ2n) is 5.46. The Hall–Kier alpha value is -2.75. The van der Waals surface area contributed by atoms with Crippen molar-refractivity contribution in [3.8, 4) is 10.4 Å². The van der Waals surface area contributed by atoms with Crippen LogP contribution in [0, 0.1) is 5.82 Å². The van der Waals surface area contributed by atoms with E-state index >= 15 is 0 Å². The van der Waals surface area contributed by atoms with Crippen molar-refractivity contribution < 1.29 is 28.4 Å². The van der Waals surface area contributed by atoms with E-state index in [1.165, 1.54) is 6.07 Å². The molecule has 3 rings (SSSR count). The van der Waals surface area contributed by atoms with E-state index in [4.69, 9.17) is 16.7 Å². The molecule has 1 aromatic heterocycles. The highest BCUT2D eigenvalue weighted by molar-refractivity contribution is 7.86. The van der Waals surface area contributed by atoms with Crippen LogP contribution in [0.25, 0.3) is 10.4 Å². The highest BCUT2D eigenvalue weighted by Crippen LogP contribution is 2.35. The van der Waals surface area contributed by atoms with Crippen LogP contribution in [0.1, 0.15) is 20.0 Å². The highest BCUT2D eigenvalue weighted by Gasteiger charge is 2.22. The molecular formula is C18H11ClFNO5S2. The number of aromatic carboxylic acids is 2. The molecule has 0 aliphatic rings. The molecule has 28 heavy (non-hydrogen) atoms. The Balaban J connectivity index is 1.99. The second-order valence-corrected chi connectivity index (χ2v) is 8.10. The molecule has 0 amide bonds. The molecule has 0 spiro atoms. The van der Waals surface area contributed by atoms with Crippen LogP contribution in [0.3, 0.4) is 0 Å². The Morgan fingerprint density at radius 1 is 1.07 bits per heavy atom. The molecule has 0 saturated heterocycles. The van der Waals surface area contributed by atoms with Crippen LogP contribution in [0.5, 0.6) is 0 Å². The first kappa shape index (κ1) is 20.0. The average molecular weight is 440 g/mol. The largest absolute Gasteiger partial charge is 0.478 e. The quantitative estimate of drug-likeness (QED) is 0.514. The Bertz CT molecular complexity index is 1100. The second kappa shape index (κ2) is 8.09. The van der Waals surface area contributed by atoms with Crippen LogP contribution < -0.4 is 4.72 Å². The summed E-state index contributed by atoms with van der Waals surface area (Å²) < 4.78 is 29.2. The molecule has 0 bridgehead atoms. The smallest absolute Gasteiger partial charge is 0.348 e. The molecule has 144 valence electrons. The van der Waals surface area contributed by atoms with E-state index in [9.17, 15) is 23.3 Å². The molecule has 0 aliphatic heterocycles. The topological polar surface area (TPSA) is 104 Å². The first-order valence-corrected chi connectivity index (χ1v) is 9.95. The van der Waals surface area contributed by atoms with Gasteiger partial charge in [0.2, 0.25) is 0 Å². The van der Waals surface area contributed by atoms with Crippen LogP contribution >= 0.6 is 22.9 Å². The molecule has 0 saturated carbocycles. The van der Waals surface area contributed by atoms with Gasteiger partial charge in [-0.1, -0.05) is 41.9 Å².